The molecule has 2 N–H and O–H groups in total. The molecule has 186 valence electrons. The van der Waals surface area contributed by atoms with Crippen molar-refractivity contribution in [3.8, 4) is 0 Å². The minimum atomic E-state index is -3.57. The summed E-state index contributed by atoms with van der Waals surface area (Å²) in [7, 11) is -1.49. The minimum Gasteiger partial charge on any atom is -0.340 e. The van der Waals surface area contributed by atoms with Gasteiger partial charge in [-0.15, -0.1) is 0 Å². The molecule has 2 heterocycles. The molecule has 1 saturated heterocycles. The number of aryl methyl sites for hydroxylation is 1. The third kappa shape index (κ3) is 6.36. The van der Waals surface area contributed by atoms with Gasteiger partial charge < -0.3 is 15.5 Å². The number of piperidine rings is 1. The van der Waals surface area contributed by atoms with Crippen LogP contribution in [0.2, 0.25) is 0 Å². The second-order valence-electron chi connectivity index (χ2n) is 9.06. The zero-order valence-electron chi connectivity index (χ0n) is 20.6. The van der Waals surface area contributed by atoms with Crippen LogP contribution in [-0.2, 0) is 10.0 Å². The number of sulfonamides is 1. The first-order chi connectivity index (χ1) is 16.8. The van der Waals surface area contributed by atoms with Crippen molar-refractivity contribution in [2.75, 3.05) is 37.3 Å². The minimum absolute atomic E-state index is 0.0473. The summed E-state index contributed by atoms with van der Waals surface area (Å²) in [6, 6.07) is 16.7. The van der Waals surface area contributed by atoms with E-state index in [1.807, 2.05) is 38.1 Å². The van der Waals surface area contributed by atoms with Crippen molar-refractivity contribution >= 4 is 33.2 Å². The number of rotatable bonds is 9. The molecule has 3 aromatic rings. The summed E-state index contributed by atoms with van der Waals surface area (Å²) in [5.74, 6) is 1.09. The second-order valence-corrected chi connectivity index (χ2v) is 10.9. The van der Waals surface area contributed by atoms with E-state index in [9.17, 15) is 8.42 Å². The number of nitrogens with zero attached hydrogens (tertiary/aromatic N) is 4. The highest BCUT2D eigenvalue weighted by Gasteiger charge is 2.32. The Morgan fingerprint density at radius 1 is 0.971 bits per heavy atom. The van der Waals surface area contributed by atoms with Crippen LogP contribution in [-0.4, -0.2) is 60.3 Å². The summed E-state index contributed by atoms with van der Waals surface area (Å²) in [6.07, 6.45) is 4.18. The third-order valence-electron chi connectivity index (χ3n) is 6.24. The van der Waals surface area contributed by atoms with E-state index in [-0.39, 0.29) is 6.04 Å². The van der Waals surface area contributed by atoms with E-state index in [1.54, 1.807) is 40.8 Å². The summed E-state index contributed by atoms with van der Waals surface area (Å²) in [5.41, 5.74) is 2.85. The lowest BCUT2D eigenvalue weighted by Gasteiger charge is -2.36. The average Bonchev–Trinajstić information content (AvgIpc) is 2.85. The molecule has 1 aromatic heterocycles. The first-order valence-electron chi connectivity index (χ1n) is 12.1. The van der Waals surface area contributed by atoms with Gasteiger partial charge in [0.25, 0.3) is 0 Å². The van der Waals surface area contributed by atoms with Crippen LogP contribution in [0.4, 0.5) is 23.1 Å². The van der Waals surface area contributed by atoms with Gasteiger partial charge in [0, 0.05) is 30.2 Å². The Kier molecular flexibility index (Phi) is 8.00. The van der Waals surface area contributed by atoms with Gasteiger partial charge in [0.15, 0.2) is 0 Å². The molecule has 8 nitrogen and oxygen atoms in total. The van der Waals surface area contributed by atoms with E-state index in [2.05, 4.69) is 32.5 Å². The second kappa shape index (κ2) is 11.2. The van der Waals surface area contributed by atoms with Gasteiger partial charge in [0.2, 0.25) is 16.0 Å². The fourth-order valence-electron chi connectivity index (χ4n) is 4.25. The zero-order valence-corrected chi connectivity index (χ0v) is 21.4. The van der Waals surface area contributed by atoms with Crippen LogP contribution in [0.3, 0.4) is 0 Å². The van der Waals surface area contributed by atoms with Crippen molar-refractivity contribution in [2.24, 2.45) is 0 Å². The highest BCUT2D eigenvalue weighted by molar-refractivity contribution is 7.89. The third-order valence-corrected chi connectivity index (χ3v) is 8.20. The molecule has 0 saturated carbocycles. The Labute approximate surface area is 208 Å². The quantitative estimate of drug-likeness (QED) is 0.443. The van der Waals surface area contributed by atoms with Crippen LogP contribution < -0.4 is 10.6 Å². The summed E-state index contributed by atoms with van der Waals surface area (Å²) < 4.78 is 28.6. The largest absolute Gasteiger partial charge is 0.340 e. The van der Waals surface area contributed by atoms with Gasteiger partial charge in [0.1, 0.15) is 5.82 Å². The van der Waals surface area contributed by atoms with Gasteiger partial charge >= 0.3 is 0 Å². The van der Waals surface area contributed by atoms with Gasteiger partial charge in [-0.25, -0.2) is 13.4 Å². The highest BCUT2D eigenvalue weighted by Crippen LogP contribution is 2.26. The normalized spacial score (nSPS) is 15.3. The molecule has 4 rings (SSSR count). The fourth-order valence-corrected chi connectivity index (χ4v) is 6.03. The number of hydrogen-bond acceptors (Lipinski definition) is 7. The van der Waals surface area contributed by atoms with Crippen molar-refractivity contribution in [2.45, 2.75) is 44.0 Å². The summed E-state index contributed by atoms with van der Waals surface area (Å²) in [5, 5.41) is 6.43. The first kappa shape index (κ1) is 25.1. The molecular weight excluding hydrogens is 460 g/mol. The Morgan fingerprint density at radius 2 is 1.60 bits per heavy atom. The van der Waals surface area contributed by atoms with E-state index >= 15 is 0 Å². The summed E-state index contributed by atoms with van der Waals surface area (Å²) >= 11 is 0. The van der Waals surface area contributed by atoms with Crippen molar-refractivity contribution in [1.29, 1.82) is 0 Å². The van der Waals surface area contributed by atoms with Gasteiger partial charge in [0.05, 0.1) is 4.90 Å². The van der Waals surface area contributed by atoms with Crippen molar-refractivity contribution in [1.82, 2.24) is 19.2 Å². The summed E-state index contributed by atoms with van der Waals surface area (Å²) in [4.78, 5) is 11.4. The lowest BCUT2D eigenvalue weighted by Crippen LogP contribution is -2.46. The molecule has 35 heavy (non-hydrogen) atoms. The molecule has 9 heteroatoms. The van der Waals surface area contributed by atoms with E-state index < -0.39 is 10.0 Å². The van der Waals surface area contributed by atoms with Crippen LogP contribution in [0.15, 0.2) is 65.7 Å². The molecule has 0 atom stereocenters. The molecule has 0 aliphatic carbocycles. The maximum absolute atomic E-state index is 13.5. The predicted octanol–water partition coefficient (Wildman–Crippen LogP) is 4.77. The SMILES string of the molecule is CCCN(C1CCN(C)CC1)S(=O)(=O)c1ccc(Nc2nccc(Nc3ccc(C)cc3)n2)cc1. The monoisotopic (exact) mass is 494 g/mol. The molecule has 0 radical (unpaired) electrons. The Morgan fingerprint density at radius 3 is 2.26 bits per heavy atom. The fraction of sp³-hybridized carbons (Fsp3) is 0.385. The lowest BCUT2D eigenvalue weighted by atomic mass is 10.1. The van der Waals surface area contributed by atoms with E-state index in [0.29, 0.717) is 23.2 Å². The van der Waals surface area contributed by atoms with E-state index in [4.69, 9.17) is 0 Å². The van der Waals surface area contributed by atoms with Crippen LogP contribution in [0.5, 0.6) is 0 Å². The number of hydrogen-bond donors (Lipinski definition) is 2. The molecule has 0 unspecified atom stereocenters. The smallest absolute Gasteiger partial charge is 0.243 e. The van der Waals surface area contributed by atoms with Crippen molar-refractivity contribution < 1.29 is 8.42 Å². The van der Waals surface area contributed by atoms with Crippen LogP contribution >= 0.6 is 0 Å². The number of aromatic nitrogens is 2. The standard InChI is InChI=1S/C26H34N6O2S/c1-4-17-32(23-14-18-31(3)19-15-23)35(33,34)24-11-9-22(10-12-24)29-26-27-16-13-25(30-26)28-21-7-5-20(2)6-8-21/h5-13,16,23H,4,14-15,17-19H2,1-3H3,(H2,27,28,29,30). The van der Waals surface area contributed by atoms with Gasteiger partial charge in [-0.2, -0.15) is 9.29 Å². The molecular formula is C26H34N6O2S. The molecule has 0 bridgehead atoms. The van der Waals surface area contributed by atoms with Crippen LogP contribution in [0, 0.1) is 6.92 Å². The lowest BCUT2D eigenvalue weighted by molar-refractivity contribution is 0.182. The molecule has 2 aromatic carbocycles. The Hall–Kier alpha value is -3.01. The number of likely N-dealkylation sites (tertiary alicyclic amines) is 1. The number of nitrogens with one attached hydrogen (secondary N) is 2. The maximum Gasteiger partial charge on any atom is 0.243 e. The maximum atomic E-state index is 13.5. The molecule has 1 fully saturated rings. The highest BCUT2D eigenvalue weighted by atomic mass is 32.2. The Balaban J connectivity index is 1.46. The van der Waals surface area contributed by atoms with Crippen molar-refractivity contribution in [3.05, 3.63) is 66.4 Å². The van der Waals surface area contributed by atoms with Gasteiger partial charge in [-0.3, -0.25) is 0 Å². The van der Waals surface area contributed by atoms with Crippen LogP contribution in [0.25, 0.3) is 0 Å². The topological polar surface area (TPSA) is 90.5 Å². The van der Waals surface area contributed by atoms with E-state index in [0.717, 1.165) is 43.7 Å². The Bertz CT molecular complexity index is 1210. The average molecular weight is 495 g/mol. The number of benzene rings is 2. The van der Waals surface area contributed by atoms with Gasteiger partial charge in [-0.05, 0) is 88.8 Å². The molecule has 1 aliphatic heterocycles. The predicted molar refractivity (Wildman–Crippen MR) is 141 cm³/mol. The zero-order chi connectivity index (χ0) is 24.8. The molecule has 1 aliphatic rings. The van der Waals surface area contributed by atoms with E-state index in [1.165, 1.54) is 5.56 Å². The molecule has 0 spiro atoms. The van der Waals surface area contributed by atoms with Crippen molar-refractivity contribution in [3.63, 3.8) is 0 Å². The summed E-state index contributed by atoms with van der Waals surface area (Å²) in [6.45, 7) is 6.43. The van der Waals surface area contributed by atoms with Crippen LogP contribution in [0.1, 0.15) is 31.7 Å². The molecule has 0 amide bonds. The van der Waals surface area contributed by atoms with Gasteiger partial charge in [-0.1, -0.05) is 24.6 Å². The first-order valence-corrected chi connectivity index (χ1v) is 13.5. The number of anilines is 4.